The van der Waals surface area contributed by atoms with E-state index in [4.69, 9.17) is 9.72 Å². The third kappa shape index (κ3) is 5.48. The fraction of sp³-hybridized carbons (Fsp3) is 0.400. The summed E-state index contributed by atoms with van der Waals surface area (Å²) in [6.07, 6.45) is 13.5. The number of unbranched alkanes of at least 4 members (excludes halogenated alkanes) is 6. The Morgan fingerprint density at radius 2 is 1.57 bits per heavy atom. The molecule has 1 aromatic heterocycles. The van der Waals surface area contributed by atoms with E-state index in [1.54, 1.807) is 7.11 Å². The van der Waals surface area contributed by atoms with Gasteiger partial charge in [-0.2, -0.15) is 0 Å². The molecule has 0 aliphatic rings. The summed E-state index contributed by atoms with van der Waals surface area (Å²) in [4.78, 5) is 4.85. The van der Waals surface area contributed by atoms with Crippen LogP contribution in [0.25, 0.3) is 23.2 Å². The smallest absolute Gasteiger partial charge is 0.133 e. The first kappa shape index (κ1) is 20.2. The lowest BCUT2D eigenvalue weighted by atomic mass is 10.1. The van der Waals surface area contributed by atoms with Gasteiger partial charge in [-0.05, 0) is 42.3 Å². The maximum Gasteiger partial charge on any atom is 0.133 e. The van der Waals surface area contributed by atoms with E-state index in [2.05, 4.69) is 60.0 Å². The largest absolute Gasteiger partial charge is 0.497 e. The molecule has 0 unspecified atom stereocenters. The summed E-state index contributed by atoms with van der Waals surface area (Å²) in [6.45, 7) is 3.29. The van der Waals surface area contributed by atoms with E-state index in [1.807, 2.05) is 12.1 Å². The summed E-state index contributed by atoms with van der Waals surface area (Å²) in [5.41, 5.74) is 3.44. The third-order valence-corrected chi connectivity index (χ3v) is 5.21. The van der Waals surface area contributed by atoms with Crippen molar-refractivity contribution < 1.29 is 4.74 Å². The molecule has 0 radical (unpaired) electrons. The topological polar surface area (TPSA) is 27.1 Å². The van der Waals surface area contributed by atoms with Gasteiger partial charge < -0.3 is 9.30 Å². The van der Waals surface area contributed by atoms with Gasteiger partial charge >= 0.3 is 0 Å². The number of benzene rings is 2. The molecule has 3 heteroatoms. The van der Waals surface area contributed by atoms with Crippen molar-refractivity contribution in [1.29, 1.82) is 0 Å². The van der Waals surface area contributed by atoms with Crippen LogP contribution in [-0.2, 0) is 6.54 Å². The van der Waals surface area contributed by atoms with Crippen LogP contribution in [0, 0.1) is 0 Å². The van der Waals surface area contributed by atoms with Crippen molar-refractivity contribution in [3.8, 4) is 5.75 Å². The van der Waals surface area contributed by atoms with E-state index in [0.29, 0.717) is 0 Å². The second-order valence-corrected chi connectivity index (χ2v) is 7.34. The lowest BCUT2D eigenvalue weighted by molar-refractivity contribution is 0.415. The average Bonchev–Trinajstić information content (AvgIpc) is 3.09. The zero-order valence-corrected chi connectivity index (χ0v) is 17.2. The molecule has 0 atom stereocenters. The molecular formula is C25H32N2O. The van der Waals surface area contributed by atoms with Crippen LogP contribution in [0.2, 0.25) is 0 Å². The number of aromatic nitrogens is 2. The monoisotopic (exact) mass is 376 g/mol. The fourth-order valence-corrected chi connectivity index (χ4v) is 3.57. The van der Waals surface area contributed by atoms with Gasteiger partial charge in [0, 0.05) is 6.54 Å². The number of hydrogen-bond acceptors (Lipinski definition) is 2. The highest BCUT2D eigenvalue weighted by Gasteiger charge is 2.07. The number of ether oxygens (including phenoxy) is 1. The molecule has 0 spiro atoms. The molecule has 0 saturated carbocycles. The summed E-state index contributed by atoms with van der Waals surface area (Å²) in [6, 6.07) is 16.5. The molecule has 0 aliphatic heterocycles. The Labute approximate surface area is 169 Å². The minimum atomic E-state index is 0.878. The number of aryl methyl sites for hydroxylation is 1. The van der Waals surface area contributed by atoms with Crippen LogP contribution in [0.15, 0.2) is 48.5 Å². The Kier molecular flexibility index (Phi) is 7.71. The molecule has 3 aromatic rings. The first-order valence-electron chi connectivity index (χ1n) is 10.6. The lowest BCUT2D eigenvalue weighted by Gasteiger charge is -2.07. The Morgan fingerprint density at radius 3 is 2.32 bits per heavy atom. The molecule has 148 valence electrons. The Bertz CT molecular complexity index is 877. The molecule has 0 fully saturated rings. The van der Waals surface area contributed by atoms with Crippen molar-refractivity contribution in [3.63, 3.8) is 0 Å². The van der Waals surface area contributed by atoms with Crippen LogP contribution in [0.5, 0.6) is 5.75 Å². The lowest BCUT2D eigenvalue weighted by Crippen LogP contribution is -2.00. The van der Waals surface area contributed by atoms with Crippen molar-refractivity contribution in [2.24, 2.45) is 0 Å². The first-order chi connectivity index (χ1) is 13.8. The quantitative estimate of drug-likeness (QED) is 0.338. The zero-order valence-electron chi connectivity index (χ0n) is 17.2. The summed E-state index contributed by atoms with van der Waals surface area (Å²) in [5.74, 6) is 1.91. The molecule has 0 aliphatic carbocycles. The van der Waals surface area contributed by atoms with Gasteiger partial charge in [0.1, 0.15) is 11.6 Å². The molecular weight excluding hydrogens is 344 g/mol. The number of imidazole rings is 1. The third-order valence-electron chi connectivity index (χ3n) is 5.21. The van der Waals surface area contributed by atoms with Gasteiger partial charge in [-0.3, -0.25) is 0 Å². The van der Waals surface area contributed by atoms with Crippen LogP contribution < -0.4 is 4.74 Å². The number of rotatable bonds is 11. The van der Waals surface area contributed by atoms with Crippen molar-refractivity contribution in [3.05, 3.63) is 59.9 Å². The van der Waals surface area contributed by atoms with E-state index in [1.165, 1.54) is 50.5 Å². The Morgan fingerprint density at radius 1 is 0.857 bits per heavy atom. The molecule has 0 amide bonds. The molecule has 28 heavy (non-hydrogen) atoms. The van der Waals surface area contributed by atoms with Crippen molar-refractivity contribution in [2.45, 2.75) is 58.4 Å². The number of nitrogens with zero attached hydrogens (tertiary/aromatic N) is 2. The normalized spacial score (nSPS) is 11.5. The van der Waals surface area contributed by atoms with Gasteiger partial charge in [0.15, 0.2) is 0 Å². The second kappa shape index (κ2) is 10.7. The van der Waals surface area contributed by atoms with Crippen LogP contribution in [0.1, 0.15) is 63.3 Å². The molecule has 0 N–H and O–H groups in total. The SMILES string of the molecule is CCCCCCCCCn1c(C=Cc2ccc(OC)cc2)nc2ccccc21. The van der Waals surface area contributed by atoms with Crippen LogP contribution in [0.3, 0.4) is 0 Å². The van der Waals surface area contributed by atoms with E-state index in [-0.39, 0.29) is 0 Å². The Balaban J connectivity index is 1.68. The molecule has 2 aromatic carbocycles. The maximum atomic E-state index is 5.24. The molecule has 1 heterocycles. The van der Waals surface area contributed by atoms with Gasteiger partial charge in [0.2, 0.25) is 0 Å². The highest BCUT2D eigenvalue weighted by atomic mass is 16.5. The van der Waals surface area contributed by atoms with E-state index in [9.17, 15) is 0 Å². The van der Waals surface area contributed by atoms with Gasteiger partial charge in [-0.1, -0.05) is 75.8 Å². The van der Waals surface area contributed by atoms with E-state index >= 15 is 0 Å². The number of hydrogen-bond donors (Lipinski definition) is 0. The fourth-order valence-electron chi connectivity index (χ4n) is 3.57. The predicted molar refractivity (Wildman–Crippen MR) is 120 cm³/mol. The van der Waals surface area contributed by atoms with Crippen LogP contribution in [0.4, 0.5) is 0 Å². The van der Waals surface area contributed by atoms with Gasteiger partial charge in [0.25, 0.3) is 0 Å². The molecule has 0 saturated heterocycles. The van der Waals surface area contributed by atoms with Crippen molar-refractivity contribution in [2.75, 3.05) is 7.11 Å². The van der Waals surface area contributed by atoms with Gasteiger partial charge in [-0.25, -0.2) is 4.98 Å². The van der Waals surface area contributed by atoms with Crippen LogP contribution in [-0.4, -0.2) is 16.7 Å². The van der Waals surface area contributed by atoms with E-state index in [0.717, 1.165) is 29.2 Å². The maximum absolute atomic E-state index is 5.24. The summed E-state index contributed by atoms with van der Waals surface area (Å²) in [5, 5.41) is 0. The van der Waals surface area contributed by atoms with E-state index < -0.39 is 0 Å². The molecule has 3 rings (SSSR count). The summed E-state index contributed by atoms with van der Waals surface area (Å²) >= 11 is 0. The van der Waals surface area contributed by atoms with Crippen molar-refractivity contribution in [1.82, 2.24) is 9.55 Å². The standard InChI is InChI=1S/C25H32N2O/c1-3-4-5-6-7-8-11-20-27-24-13-10-9-12-23(24)26-25(27)19-16-21-14-17-22(28-2)18-15-21/h9-10,12-19H,3-8,11,20H2,1-2H3. The molecule has 0 bridgehead atoms. The predicted octanol–water partition coefficient (Wildman–Crippen LogP) is 6.97. The number of para-hydroxylation sites is 2. The summed E-state index contributed by atoms with van der Waals surface area (Å²) < 4.78 is 7.60. The van der Waals surface area contributed by atoms with Crippen molar-refractivity contribution >= 4 is 23.2 Å². The zero-order chi connectivity index (χ0) is 19.6. The second-order valence-electron chi connectivity index (χ2n) is 7.34. The highest BCUT2D eigenvalue weighted by molar-refractivity contribution is 5.79. The highest BCUT2D eigenvalue weighted by Crippen LogP contribution is 2.20. The first-order valence-corrected chi connectivity index (χ1v) is 10.6. The minimum Gasteiger partial charge on any atom is -0.497 e. The van der Waals surface area contributed by atoms with Gasteiger partial charge in [-0.15, -0.1) is 0 Å². The average molecular weight is 377 g/mol. The number of methoxy groups -OCH3 is 1. The summed E-state index contributed by atoms with van der Waals surface area (Å²) in [7, 11) is 1.69. The van der Waals surface area contributed by atoms with Gasteiger partial charge in [0.05, 0.1) is 18.1 Å². The Hall–Kier alpha value is -2.55. The minimum absolute atomic E-state index is 0.878. The number of fused-ring (bicyclic) bond motifs is 1. The molecule has 3 nitrogen and oxygen atoms in total. The van der Waals surface area contributed by atoms with Crippen LogP contribution >= 0.6 is 0 Å².